The van der Waals surface area contributed by atoms with Crippen molar-refractivity contribution in [2.45, 2.75) is 66.4 Å². The number of carbonyl (C=O) groups excluding carboxylic acids is 1. The number of benzene rings is 1. The highest BCUT2D eigenvalue weighted by Crippen LogP contribution is 2.46. The van der Waals surface area contributed by atoms with Gasteiger partial charge in [0.05, 0.1) is 33.2 Å². The minimum atomic E-state index is -3.15. The van der Waals surface area contributed by atoms with Crippen molar-refractivity contribution < 1.29 is 32.6 Å². The molecule has 0 unspecified atom stereocenters. The zero-order valence-electron chi connectivity index (χ0n) is 22.5. The molecule has 0 bridgehead atoms. The molecule has 1 heterocycles. The predicted octanol–water partition coefficient (Wildman–Crippen LogP) is 5.69. The molecule has 0 spiro atoms. The van der Waals surface area contributed by atoms with E-state index in [0.717, 1.165) is 34.1 Å². The Hall–Kier alpha value is -1.64. The summed E-state index contributed by atoms with van der Waals surface area (Å²) >= 11 is 0. The van der Waals surface area contributed by atoms with E-state index in [1.165, 1.54) is 0 Å². The van der Waals surface area contributed by atoms with Gasteiger partial charge in [-0.2, -0.15) is 0 Å². The van der Waals surface area contributed by atoms with Gasteiger partial charge in [0.2, 0.25) is 0 Å². The van der Waals surface area contributed by atoms with Gasteiger partial charge in [-0.05, 0) is 45.7 Å². The lowest BCUT2D eigenvalue weighted by Crippen LogP contribution is -2.23. The predicted molar refractivity (Wildman–Crippen MR) is 142 cm³/mol. The summed E-state index contributed by atoms with van der Waals surface area (Å²) < 4.78 is 40.7. The molecule has 0 fully saturated rings. The van der Waals surface area contributed by atoms with Gasteiger partial charge in [0.15, 0.2) is 0 Å². The monoisotopic (exact) mass is 527 g/mol. The van der Waals surface area contributed by atoms with Gasteiger partial charge in [0.1, 0.15) is 23.7 Å². The van der Waals surface area contributed by atoms with Gasteiger partial charge in [-0.25, -0.2) is 4.79 Å². The Morgan fingerprint density at radius 2 is 1.83 bits per heavy atom. The van der Waals surface area contributed by atoms with E-state index < -0.39 is 15.7 Å². The third-order valence-corrected chi connectivity index (χ3v) is 9.36. The summed E-state index contributed by atoms with van der Waals surface area (Å²) in [6.07, 6.45) is 2.72. The van der Waals surface area contributed by atoms with Crippen molar-refractivity contribution in [1.29, 1.82) is 0 Å². The van der Waals surface area contributed by atoms with Crippen molar-refractivity contribution in [3.05, 3.63) is 33.9 Å². The Labute approximate surface area is 211 Å². The van der Waals surface area contributed by atoms with Crippen molar-refractivity contribution in [1.82, 2.24) is 5.32 Å². The zero-order chi connectivity index (χ0) is 26.2. The van der Waals surface area contributed by atoms with Gasteiger partial charge >= 0.3 is 13.6 Å². The summed E-state index contributed by atoms with van der Waals surface area (Å²) in [7, 11) is -2.83. The quantitative estimate of drug-likeness (QED) is 0.135. The van der Waals surface area contributed by atoms with E-state index in [9.17, 15) is 9.36 Å². The van der Waals surface area contributed by atoms with E-state index in [4.69, 9.17) is 23.3 Å². The number of carbonyl (C=O) groups is 1. The maximum absolute atomic E-state index is 12.6. The molecule has 0 saturated carbocycles. The summed E-state index contributed by atoms with van der Waals surface area (Å²) in [5, 5.41) is 3.17. The van der Waals surface area contributed by atoms with Crippen molar-refractivity contribution >= 4 is 21.6 Å². The van der Waals surface area contributed by atoms with Crippen LogP contribution in [0.3, 0.4) is 0 Å². The highest BCUT2D eigenvalue weighted by Gasteiger charge is 2.33. The highest BCUT2D eigenvalue weighted by atomic mass is 31.2. The van der Waals surface area contributed by atoms with Crippen LogP contribution in [0.15, 0.2) is 11.6 Å². The second-order valence-electron chi connectivity index (χ2n) is 9.84. The Morgan fingerprint density at radius 3 is 2.40 bits per heavy atom. The number of cyclic esters (lactones) is 1. The normalized spacial score (nSPS) is 14.2. The van der Waals surface area contributed by atoms with Crippen molar-refractivity contribution in [3.8, 4) is 11.5 Å². The van der Waals surface area contributed by atoms with Crippen LogP contribution in [0.25, 0.3) is 0 Å². The van der Waals surface area contributed by atoms with Gasteiger partial charge in [0, 0.05) is 25.7 Å². The third-order valence-electron chi connectivity index (χ3n) is 5.74. The SMILES string of the molecule is CCOP(=O)(CNC/C(C)=C/Cc1c(OC)c(C)c2c(c1OCC[Si](C)(C)C)C(=O)OC2)OCC. The van der Waals surface area contributed by atoms with Crippen molar-refractivity contribution in [2.24, 2.45) is 0 Å². The number of nitrogens with one attached hydrogen (secondary N) is 1. The third kappa shape index (κ3) is 8.19. The molecule has 1 aromatic rings. The number of rotatable bonds is 15. The number of esters is 1. The molecule has 0 aromatic heterocycles. The molecule has 2 rings (SSSR count). The first-order valence-corrected chi connectivity index (χ1v) is 17.7. The lowest BCUT2D eigenvalue weighted by atomic mass is 9.95. The maximum atomic E-state index is 12.6. The van der Waals surface area contributed by atoms with Crippen LogP contribution in [0.2, 0.25) is 25.7 Å². The number of hydrogen-bond donors (Lipinski definition) is 1. The topological polar surface area (TPSA) is 92.3 Å². The van der Waals surface area contributed by atoms with Gasteiger partial charge in [-0.15, -0.1) is 0 Å². The first kappa shape index (κ1) is 29.6. The fraction of sp³-hybridized carbons (Fsp3) is 0.640. The minimum absolute atomic E-state index is 0.137. The fourth-order valence-corrected chi connectivity index (χ4v) is 6.03. The Bertz CT molecular complexity index is 962. The van der Waals surface area contributed by atoms with E-state index in [-0.39, 0.29) is 18.9 Å². The number of ether oxygens (including phenoxy) is 3. The van der Waals surface area contributed by atoms with Crippen molar-refractivity contribution in [2.75, 3.05) is 39.8 Å². The molecule has 198 valence electrons. The summed E-state index contributed by atoms with van der Waals surface area (Å²) in [6.45, 7) is 16.4. The standard InChI is InChI=1S/C25H42NO7PSi/c1-9-32-34(28,33-10-2)17-26-15-18(3)11-12-20-23(29-5)19(4)21-16-31-25(27)22(21)24(20)30-13-14-35(6,7)8/h11,26H,9-10,12-17H2,1-8H3/b18-11+. The van der Waals surface area contributed by atoms with Crippen LogP contribution in [-0.4, -0.2) is 53.8 Å². The minimum Gasteiger partial charge on any atom is -0.496 e. The van der Waals surface area contributed by atoms with Gasteiger partial charge in [0.25, 0.3) is 0 Å². The van der Waals surface area contributed by atoms with Crippen LogP contribution in [-0.2, 0) is 31.4 Å². The number of fused-ring (bicyclic) bond motifs is 1. The van der Waals surface area contributed by atoms with E-state index in [2.05, 4.69) is 31.0 Å². The van der Waals surface area contributed by atoms with Crippen LogP contribution < -0.4 is 14.8 Å². The molecule has 8 nitrogen and oxygen atoms in total. The molecular formula is C25H42NO7PSi. The molecule has 1 aliphatic rings. The summed E-state index contributed by atoms with van der Waals surface area (Å²) in [5.74, 6) is 0.941. The number of allylic oxidation sites excluding steroid dienone is 1. The molecule has 10 heteroatoms. The van der Waals surface area contributed by atoms with E-state index in [1.54, 1.807) is 21.0 Å². The highest BCUT2D eigenvalue weighted by molar-refractivity contribution is 7.53. The average molecular weight is 528 g/mol. The number of hydrogen-bond acceptors (Lipinski definition) is 8. The Kier molecular flexibility index (Phi) is 11.0. The molecule has 0 aliphatic carbocycles. The van der Waals surface area contributed by atoms with Gasteiger partial charge in [-0.3, -0.25) is 4.57 Å². The number of methoxy groups -OCH3 is 1. The Balaban J connectivity index is 2.27. The zero-order valence-corrected chi connectivity index (χ0v) is 24.4. The fourth-order valence-electron chi connectivity index (χ4n) is 3.89. The van der Waals surface area contributed by atoms with Gasteiger partial charge in [-0.1, -0.05) is 31.3 Å². The molecule has 0 radical (unpaired) electrons. The molecule has 1 aliphatic heterocycles. The summed E-state index contributed by atoms with van der Waals surface area (Å²) in [6, 6.07) is 0.977. The van der Waals surface area contributed by atoms with E-state index in [0.29, 0.717) is 44.1 Å². The molecule has 0 amide bonds. The lowest BCUT2D eigenvalue weighted by molar-refractivity contribution is 0.0532. The first-order chi connectivity index (χ1) is 16.5. The smallest absolute Gasteiger partial charge is 0.344 e. The Morgan fingerprint density at radius 1 is 1.17 bits per heavy atom. The molecule has 1 aromatic carbocycles. The van der Waals surface area contributed by atoms with E-state index in [1.807, 2.05) is 13.8 Å². The molecule has 0 atom stereocenters. The van der Waals surface area contributed by atoms with Crippen LogP contribution in [0.1, 0.15) is 47.8 Å². The van der Waals surface area contributed by atoms with Crippen LogP contribution >= 0.6 is 7.60 Å². The van der Waals surface area contributed by atoms with Crippen LogP contribution in [0.4, 0.5) is 0 Å². The average Bonchev–Trinajstić information content (AvgIpc) is 3.15. The second-order valence-corrected chi connectivity index (χ2v) is 17.5. The largest absolute Gasteiger partial charge is 0.496 e. The molecular weight excluding hydrogens is 485 g/mol. The first-order valence-electron chi connectivity index (χ1n) is 12.2. The van der Waals surface area contributed by atoms with Crippen LogP contribution in [0.5, 0.6) is 11.5 Å². The molecule has 35 heavy (non-hydrogen) atoms. The van der Waals surface area contributed by atoms with Crippen molar-refractivity contribution in [3.63, 3.8) is 0 Å². The lowest BCUT2D eigenvalue weighted by Gasteiger charge is -2.21. The second kappa shape index (κ2) is 13.1. The van der Waals surface area contributed by atoms with Crippen LogP contribution in [0, 0.1) is 6.92 Å². The van der Waals surface area contributed by atoms with Gasteiger partial charge < -0.3 is 28.6 Å². The summed E-state index contributed by atoms with van der Waals surface area (Å²) in [4.78, 5) is 12.6. The maximum Gasteiger partial charge on any atom is 0.344 e. The molecule has 0 saturated heterocycles. The molecule has 1 N–H and O–H groups in total. The summed E-state index contributed by atoms with van der Waals surface area (Å²) in [5.41, 5.74) is 4.14. The van der Waals surface area contributed by atoms with E-state index >= 15 is 0 Å².